The Balaban J connectivity index is 2.53. The zero-order valence-corrected chi connectivity index (χ0v) is 39.9. The number of hydrogen-bond donors (Lipinski definition) is 6. The Labute approximate surface area is 389 Å². The molecular weight excluding hydrogens is 852 g/mol. The number of ether oxygens (including phenoxy) is 2. The van der Waals surface area contributed by atoms with Crippen LogP contribution in [0.5, 0.6) is 0 Å². The number of esters is 2. The van der Waals surface area contributed by atoms with E-state index in [-0.39, 0.29) is 12.8 Å². The third-order valence-electron chi connectivity index (χ3n) is 10.1. The van der Waals surface area contributed by atoms with Crippen LogP contribution < -0.4 is 0 Å². The van der Waals surface area contributed by atoms with Gasteiger partial charge in [0, 0.05) is 12.8 Å². The van der Waals surface area contributed by atoms with E-state index in [4.69, 9.17) is 18.5 Å². The molecule has 1 rings (SSSR count). The number of carbonyl (C=O) groups is 2. The van der Waals surface area contributed by atoms with Crippen LogP contribution in [0.4, 0.5) is 0 Å². The molecule has 0 aromatic rings. The summed E-state index contributed by atoms with van der Waals surface area (Å²) in [6.45, 7) is 3.07. The lowest BCUT2D eigenvalue weighted by molar-refractivity contribution is -0.220. The van der Waals surface area contributed by atoms with Crippen LogP contribution in [-0.4, -0.2) is 98.3 Å². The standard InChI is InChI=1S/C51H81O13P/c1-3-5-7-9-11-13-15-17-19-21-22-24-25-27-29-31-33-35-37-39-44(52)61-41-43(42-62-65(59,60)64-51-49(57)47(55)46(54)48(56)50(51)58)63-45(53)40-38-36-34-32-30-28-26-23-20-18-16-14-12-10-8-6-4-2/h6,8,11-14,17-20,22,24,26-29,32,34,43,46-51,54-58H,3-5,7,9-10,15-16,21,23,25,30-31,33,35-42H2,1-2H3,(H,59,60)/b8-6+,13-11+,14-12+,19-17+,20-18+,24-22+,28-26+,29-27+,34-32+/t43-,46?,47-,48?,49?,50?,51?/m0/s1. The number of aliphatic hydroxyl groups is 5. The van der Waals surface area contributed by atoms with Crippen molar-refractivity contribution in [2.45, 2.75) is 185 Å². The Morgan fingerprint density at radius 2 is 0.892 bits per heavy atom. The molecule has 13 nitrogen and oxygen atoms in total. The molecule has 368 valence electrons. The Kier molecular flexibility index (Phi) is 36.3. The Morgan fingerprint density at radius 3 is 1.35 bits per heavy atom. The number of allylic oxidation sites excluding steroid dienone is 18. The van der Waals surface area contributed by atoms with Crippen LogP contribution >= 0.6 is 7.82 Å². The quantitative estimate of drug-likeness (QED) is 0.0149. The van der Waals surface area contributed by atoms with Crippen LogP contribution in [0.1, 0.15) is 142 Å². The summed E-state index contributed by atoms with van der Waals surface area (Å²) in [4.78, 5) is 35.7. The number of phosphoric ester groups is 1. The third-order valence-corrected chi connectivity index (χ3v) is 11.1. The van der Waals surface area contributed by atoms with Crippen molar-refractivity contribution < 1.29 is 63.1 Å². The number of unbranched alkanes of at least 4 members (excludes halogenated alkanes) is 7. The van der Waals surface area contributed by atoms with Crippen molar-refractivity contribution in [1.82, 2.24) is 0 Å². The maximum atomic E-state index is 12.8. The van der Waals surface area contributed by atoms with Gasteiger partial charge in [-0.1, -0.05) is 142 Å². The molecule has 0 spiro atoms. The van der Waals surface area contributed by atoms with Gasteiger partial charge in [-0.05, 0) is 96.3 Å². The first kappa shape index (κ1) is 59.5. The van der Waals surface area contributed by atoms with Crippen LogP contribution in [0, 0.1) is 0 Å². The molecule has 0 amide bonds. The van der Waals surface area contributed by atoms with E-state index in [1.807, 2.05) is 12.2 Å². The van der Waals surface area contributed by atoms with Gasteiger partial charge in [-0.25, -0.2) is 4.57 Å². The van der Waals surface area contributed by atoms with E-state index in [1.54, 1.807) is 0 Å². The van der Waals surface area contributed by atoms with Crippen LogP contribution in [0.25, 0.3) is 0 Å². The summed E-state index contributed by atoms with van der Waals surface area (Å²) in [5, 5.41) is 50.2. The molecule has 1 saturated carbocycles. The zero-order chi connectivity index (χ0) is 47.8. The van der Waals surface area contributed by atoms with E-state index in [9.17, 15) is 44.6 Å². The molecule has 14 heteroatoms. The smallest absolute Gasteiger partial charge is 0.462 e. The van der Waals surface area contributed by atoms with E-state index in [2.05, 4.69) is 111 Å². The number of rotatable bonds is 37. The van der Waals surface area contributed by atoms with E-state index in [0.717, 1.165) is 77.0 Å². The maximum absolute atomic E-state index is 12.8. The van der Waals surface area contributed by atoms with Gasteiger partial charge in [0.25, 0.3) is 0 Å². The topological polar surface area (TPSA) is 210 Å². The molecule has 6 unspecified atom stereocenters. The van der Waals surface area contributed by atoms with E-state index >= 15 is 0 Å². The highest BCUT2D eigenvalue weighted by atomic mass is 31.2. The SMILES string of the molecule is CC/C=C/C/C=C/C/C=C/C/C=C/C/C=C/CCCC(=O)O[C@@H](COC(=O)CCCCC/C=C/C/C=C/C/C=C/C/C=C/CCCCC)COP(=O)(O)OC1C(O)C(O)C(O)[C@H](O)C1O. The Bertz CT molecular complexity index is 1550. The summed E-state index contributed by atoms with van der Waals surface area (Å²) >= 11 is 0. The highest BCUT2D eigenvalue weighted by Crippen LogP contribution is 2.47. The molecule has 0 heterocycles. The summed E-state index contributed by atoms with van der Waals surface area (Å²) in [7, 11) is -5.15. The van der Waals surface area contributed by atoms with Crippen molar-refractivity contribution in [2.75, 3.05) is 13.2 Å². The second-order valence-corrected chi connectivity index (χ2v) is 17.3. The first-order valence-electron chi connectivity index (χ1n) is 23.7. The average molecular weight is 933 g/mol. The maximum Gasteiger partial charge on any atom is 0.472 e. The van der Waals surface area contributed by atoms with Crippen LogP contribution in [0.15, 0.2) is 109 Å². The second-order valence-electron chi connectivity index (χ2n) is 15.9. The molecule has 0 aliphatic heterocycles. The number of aliphatic hydroxyl groups excluding tert-OH is 5. The molecule has 8 atom stereocenters. The zero-order valence-electron chi connectivity index (χ0n) is 39.0. The molecule has 1 aliphatic rings. The van der Waals surface area contributed by atoms with Crippen molar-refractivity contribution in [3.8, 4) is 0 Å². The average Bonchev–Trinajstić information content (AvgIpc) is 3.29. The Morgan fingerprint density at radius 1 is 0.492 bits per heavy atom. The van der Waals surface area contributed by atoms with Gasteiger partial charge in [0.15, 0.2) is 6.10 Å². The minimum Gasteiger partial charge on any atom is -0.462 e. The number of hydrogen-bond acceptors (Lipinski definition) is 12. The van der Waals surface area contributed by atoms with Gasteiger partial charge in [0.05, 0.1) is 6.61 Å². The fraction of sp³-hybridized carbons (Fsp3) is 0.608. The molecule has 6 N–H and O–H groups in total. The second kappa shape index (κ2) is 39.7. The predicted octanol–water partition coefficient (Wildman–Crippen LogP) is 9.61. The largest absolute Gasteiger partial charge is 0.472 e. The lowest BCUT2D eigenvalue weighted by atomic mass is 9.85. The van der Waals surface area contributed by atoms with Gasteiger partial charge in [0.2, 0.25) is 0 Å². The van der Waals surface area contributed by atoms with Gasteiger partial charge in [-0.2, -0.15) is 0 Å². The van der Waals surface area contributed by atoms with Crippen molar-refractivity contribution in [3.05, 3.63) is 109 Å². The lowest BCUT2D eigenvalue weighted by Crippen LogP contribution is -2.64. The summed E-state index contributed by atoms with van der Waals surface area (Å²) < 4.78 is 33.5. The van der Waals surface area contributed by atoms with Gasteiger partial charge < -0.3 is 39.9 Å². The molecule has 65 heavy (non-hydrogen) atoms. The molecule has 0 saturated heterocycles. The summed E-state index contributed by atoms with van der Waals surface area (Å²) in [5.41, 5.74) is 0. The van der Waals surface area contributed by atoms with Gasteiger partial charge in [0.1, 0.15) is 43.2 Å². The van der Waals surface area contributed by atoms with Gasteiger partial charge >= 0.3 is 19.8 Å². The van der Waals surface area contributed by atoms with Gasteiger partial charge in [-0.3, -0.25) is 18.6 Å². The molecule has 1 fully saturated rings. The summed E-state index contributed by atoms with van der Waals surface area (Å²) in [5.74, 6) is -1.22. The highest BCUT2D eigenvalue weighted by Gasteiger charge is 2.51. The monoisotopic (exact) mass is 933 g/mol. The first-order valence-corrected chi connectivity index (χ1v) is 25.2. The van der Waals surface area contributed by atoms with E-state index < -0.39 is 75.7 Å². The Hall–Kier alpha value is -3.49. The molecule has 0 aromatic heterocycles. The summed E-state index contributed by atoms with van der Waals surface area (Å²) in [6.07, 6.45) is 41.4. The van der Waals surface area contributed by atoms with Crippen LogP contribution in [0.2, 0.25) is 0 Å². The fourth-order valence-corrected chi connectivity index (χ4v) is 7.28. The van der Waals surface area contributed by atoms with Crippen molar-refractivity contribution in [1.29, 1.82) is 0 Å². The van der Waals surface area contributed by atoms with Crippen molar-refractivity contribution >= 4 is 19.8 Å². The lowest BCUT2D eigenvalue weighted by Gasteiger charge is -2.41. The minimum absolute atomic E-state index is 0.00401. The van der Waals surface area contributed by atoms with Gasteiger partial charge in [-0.15, -0.1) is 0 Å². The third kappa shape index (κ3) is 32.0. The predicted molar refractivity (Wildman–Crippen MR) is 257 cm³/mol. The molecule has 1 aliphatic carbocycles. The number of carbonyl (C=O) groups excluding carboxylic acids is 2. The van der Waals surface area contributed by atoms with E-state index in [1.165, 1.54) is 19.3 Å². The first-order chi connectivity index (χ1) is 31.4. The van der Waals surface area contributed by atoms with E-state index in [0.29, 0.717) is 19.3 Å². The highest BCUT2D eigenvalue weighted by molar-refractivity contribution is 7.47. The van der Waals surface area contributed by atoms with Crippen molar-refractivity contribution in [3.63, 3.8) is 0 Å². The molecular formula is C51H81O13P. The summed E-state index contributed by atoms with van der Waals surface area (Å²) in [6, 6.07) is 0. The van der Waals surface area contributed by atoms with Crippen molar-refractivity contribution in [2.24, 2.45) is 0 Å². The normalized spacial score (nSPS) is 22.4. The molecule has 0 aromatic carbocycles. The number of phosphoric acid groups is 1. The molecule has 0 radical (unpaired) electrons. The minimum atomic E-state index is -5.15. The fourth-order valence-electron chi connectivity index (χ4n) is 6.30. The molecule has 0 bridgehead atoms. The van der Waals surface area contributed by atoms with Crippen LogP contribution in [0.3, 0.4) is 0 Å². The van der Waals surface area contributed by atoms with Crippen LogP contribution in [-0.2, 0) is 32.7 Å².